The molecule has 20 rings (SSSR count). The monoisotopic (exact) mass is 1670 g/mol. The van der Waals surface area contributed by atoms with Crippen molar-refractivity contribution in [2.24, 2.45) is 0 Å². The van der Waals surface area contributed by atoms with Gasteiger partial charge in [-0.25, -0.2) is 0 Å². The van der Waals surface area contributed by atoms with Crippen molar-refractivity contribution in [3.63, 3.8) is 0 Å². The highest BCUT2D eigenvalue weighted by molar-refractivity contribution is 6.04. The standard InChI is InChI=1S/C125H127NO2/c1-9-13-17-21-25-41-71-124(70-40-24-20-16-12-4)107-51-37-35-49-97(107)103-66-58-91(80-113(103)124)87-54-62-99-101-64-56-89(78-111(101)122(5,6)109(99)76-87)93-60-68-115-119(82-93)128-120-83-94(61-69-116(120)126(115)121-105(85-44-30-28-31-45-85)74-96(75-106(121)86-46-32-29-33-47-86)118-84-95-48-34-39-53-117(95)127-118)90-57-65-102-100-63-55-88(77-110(100)123(7,8)112(102)79-90)92-59-67-104-98-50-36-38-52-108(98)125(114(104)81-92,72-42-26-22-18-14-10-2)73-43-27-23-19-15-11-3/h28-39,44-69,74-84H,9-27,40-43,70-73H2,1-8H3. The number of nitrogens with zero attached hydrogens (tertiary/aromatic N) is 1. The molecule has 2 heterocycles. The summed E-state index contributed by atoms with van der Waals surface area (Å²) in [4.78, 5) is 2.50. The molecule has 0 radical (unpaired) electrons. The van der Waals surface area contributed by atoms with Crippen LogP contribution < -0.4 is 9.64 Å². The molecule has 14 aromatic carbocycles. The Kier molecular flexibility index (Phi) is 23.8. The Labute approximate surface area is 763 Å². The van der Waals surface area contributed by atoms with Gasteiger partial charge in [0.15, 0.2) is 11.5 Å². The normalized spacial score (nSPS) is 15.2. The third-order valence-corrected chi connectivity index (χ3v) is 30.6. The van der Waals surface area contributed by atoms with Crippen molar-refractivity contribution in [2.45, 2.75) is 250 Å². The van der Waals surface area contributed by atoms with Gasteiger partial charge in [-0.2, -0.15) is 0 Å². The lowest BCUT2D eigenvalue weighted by Crippen LogP contribution is -2.25. The molecule has 0 bridgehead atoms. The Morgan fingerprint density at radius 2 is 0.523 bits per heavy atom. The van der Waals surface area contributed by atoms with E-state index in [1.165, 1.54) is 262 Å². The van der Waals surface area contributed by atoms with Gasteiger partial charge in [0.25, 0.3) is 0 Å². The van der Waals surface area contributed by atoms with E-state index in [2.05, 4.69) is 358 Å². The summed E-state index contributed by atoms with van der Waals surface area (Å²) in [6.07, 6.45) is 34.9. The summed E-state index contributed by atoms with van der Waals surface area (Å²) in [5.41, 5.74) is 41.2. The molecule has 3 heteroatoms. The van der Waals surface area contributed by atoms with Gasteiger partial charge in [0.2, 0.25) is 0 Å². The van der Waals surface area contributed by atoms with Crippen LogP contribution in [0.4, 0.5) is 17.1 Å². The molecule has 0 amide bonds. The molecule has 1 aromatic heterocycles. The van der Waals surface area contributed by atoms with Crippen LogP contribution in [0.15, 0.2) is 302 Å². The quantitative estimate of drug-likeness (QED) is 0.0370. The molecule has 1 atom stereocenters. The van der Waals surface area contributed by atoms with Crippen LogP contribution in [0.1, 0.15) is 273 Å². The van der Waals surface area contributed by atoms with Crippen LogP contribution in [0.5, 0.6) is 11.5 Å². The van der Waals surface area contributed by atoms with E-state index in [9.17, 15) is 0 Å². The van der Waals surface area contributed by atoms with E-state index in [0.717, 1.165) is 95.4 Å². The first-order valence-corrected chi connectivity index (χ1v) is 49.4. The molecule has 1 unspecified atom stereocenters. The molecule has 128 heavy (non-hydrogen) atoms. The Morgan fingerprint density at radius 1 is 0.227 bits per heavy atom. The van der Waals surface area contributed by atoms with Crippen molar-refractivity contribution in [1.29, 1.82) is 0 Å². The zero-order valence-electron chi connectivity index (χ0n) is 77.1. The second-order valence-corrected chi connectivity index (χ2v) is 39.4. The molecule has 1 aliphatic heterocycles. The van der Waals surface area contributed by atoms with Crippen LogP contribution >= 0.6 is 0 Å². The number of unbranched alkanes of at least 4 members (excludes halogenated alkanes) is 19. The Bertz CT molecular complexity index is 6400. The average molecular weight is 1680 g/mol. The maximum absolute atomic E-state index is 7.66. The van der Waals surface area contributed by atoms with Crippen LogP contribution in [-0.2, 0) is 21.7 Å². The number of benzene rings is 14. The predicted octanol–water partition coefficient (Wildman–Crippen LogP) is 37.4. The number of para-hydroxylation sites is 1. The fourth-order valence-electron chi connectivity index (χ4n) is 23.7. The summed E-state index contributed by atoms with van der Waals surface area (Å²) >= 11 is 0. The first-order valence-electron chi connectivity index (χ1n) is 49.4. The van der Waals surface area contributed by atoms with Crippen LogP contribution in [0.2, 0.25) is 0 Å². The van der Waals surface area contributed by atoms with Crippen LogP contribution in [0.25, 0.3) is 134 Å². The first-order chi connectivity index (χ1) is 62.8. The number of anilines is 3. The topological polar surface area (TPSA) is 25.6 Å². The first kappa shape index (κ1) is 84.4. The van der Waals surface area contributed by atoms with Gasteiger partial charge in [-0.3, -0.25) is 0 Å². The number of ether oxygens (including phenoxy) is 1. The van der Waals surface area contributed by atoms with Gasteiger partial charge >= 0.3 is 0 Å². The zero-order valence-corrected chi connectivity index (χ0v) is 77.1. The van der Waals surface area contributed by atoms with Crippen molar-refractivity contribution in [1.82, 2.24) is 0 Å². The van der Waals surface area contributed by atoms with Crippen molar-refractivity contribution in [2.75, 3.05) is 4.90 Å². The van der Waals surface area contributed by atoms with Gasteiger partial charge < -0.3 is 14.1 Å². The number of hydrogen-bond acceptors (Lipinski definition) is 3. The van der Waals surface area contributed by atoms with Crippen molar-refractivity contribution in [3.8, 4) is 134 Å². The van der Waals surface area contributed by atoms with Crippen molar-refractivity contribution in [3.05, 3.63) is 342 Å². The minimum absolute atomic E-state index is 0.0148. The van der Waals surface area contributed by atoms with E-state index in [-0.39, 0.29) is 21.7 Å². The lowest BCUT2D eigenvalue weighted by molar-refractivity contribution is 0.398. The average Bonchev–Trinajstić information content (AvgIpc) is 1.53. The molecule has 0 saturated carbocycles. The molecule has 644 valence electrons. The van der Waals surface area contributed by atoms with Gasteiger partial charge in [-0.05, 0) is 255 Å². The molecule has 4 aliphatic carbocycles. The predicted molar refractivity (Wildman–Crippen MR) is 544 cm³/mol. The maximum atomic E-state index is 7.66. The van der Waals surface area contributed by atoms with Gasteiger partial charge in [0.1, 0.15) is 11.3 Å². The van der Waals surface area contributed by atoms with E-state index >= 15 is 0 Å². The lowest BCUT2D eigenvalue weighted by atomic mass is 9.70. The second-order valence-electron chi connectivity index (χ2n) is 39.4. The van der Waals surface area contributed by atoms with Crippen LogP contribution in [-0.4, -0.2) is 0 Å². The Morgan fingerprint density at radius 3 is 0.891 bits per heavy atom. The smallest absolute Gasteiger partial charge is 0.152 e. The van der Waals surface area contributed by atoms with Crippen LogP contribution in [0, 0.1) is 0 Å². The molecule has 0 N–H and O–H groups in total. The summed E-state index contributed by atoms with van der Waals surface area (Å²) < 4.78 is 14.5. The summed E-state index contributed by atoms with van der Waals surface area (Å²) in [5.74, 6) is 2.41. The molecule has 15 aromatic rings. The van der Waals surface area contributed by atoms with Gasteiger partial charge in [0, 0.05) is 43.7 Å². The molecular formula is C125H127NO2. The van der Waals surface area contributed by atoms with E-state index in [1.807, 2.05) is 0 Å². The van der Waals surface area contributed by atoms with E-state index < -0.39 is 0 Å². The minimum Gasteiger partial charge on any atom is -0.456 e. The number of hydrogen-bond donors (Lipinski definition) is 0. The van der Waals surface area contributed by atoms with E-state index in [0.29, 0.717) is 0 Å². The van der Waals surface area contributed by atoms with E-state index in [1.54, 1.807) is 22.3 Å². The SMILES string of the molecule is CCCCCCCCC1(CCCCCCC)c2ccccc2-c2ccc(-c3ccc4c(c3)C(C)(C)c3cc(-c5ccc6c(c5)Oc5cc(-c7ccc8c(c7)C(C)(C)c7cc(-c9ccc%10c(c9)C(CCCCCCCC)(CCCCCCCC)c9ccccc9-%10)ccc7-8)ccc5N6c5c(-c6ccccc6)cc(-c6cc7ccccc7o6)cc5-c5ccccc5)ccc3-4)cc21. The van der Waals surface area contributed by atoms with Crippen LogP contribution in [0.3, 0.4) is 0 Å². The Hall–Kier alpha value is -11.8. The zero-order chi connectivity index (χ0) is 87.1. The fourth-order valence-corrected chi connectivity index (χ4v) is 23.7. The highest BCUT2D eigenvalue weighted by Gasteiger charge is 2.46. The molecule has 0 spiro atoms. The highest BCUT2D eigenvalue weighted by atomic mass is 16.5. The van der Waals surface area contributed by atoms with E-state index in [4.69, 9.17) is 9.15 Å². The van der Waals surface area contributed by atoms with Gasteiger partial charge in [-0.15, -0.1) is 0 Å². The number of rotatable bonds is 35. The maximum Gasteiger partial charge on any atom is 0.152 e. The van der Waals surface area contributed by atoms with Crippen molar-refractivity contribution < 1.29 is 9.15 Å². The second kappa shape index (κ2) is 36.0. The third kappa shape index (κ3) is 15.4. The minimum atomic E-state index is -0.279. The summed E-state index contributed by atoms with van der Waals surface area (Å²) in [6, 6.07) is 114. The summed E-state index contributed by atoms with van der Waals surface area (Å²) in [6.45, 7) is 19.1. The fraction of sp³-hybridized carbons (Fsp3) is 0.312. The lowest BCUT2D eigenvalue weighted by Gasteiger charge is -2.36. The van der Waals surface area contributed by atoms with Gasteiger partial charge in [-0.1, -0.05) is 415 Å². The molecule has 0 fully saturated rings. The molecule has 3 nitrogen and oxygen atoms in total. The molecule has 5 aliphatic rings. The summed E-state index contributed by atoms with van der Waals surface area (Å²) in [7, 11) is 0. The largest absolute Gasteiger partial charge is 0.456 e. The highest BCUT2D eigenvalue weighted by Crippen LogP contribution is 2.62. The number of fused-ring (bicyclic) bond motifs is 15. The van der Waals surface area contributed by atoms with Crippen molar-refractivity contribution >= 4 is 28.0 Å². The summed E-state index contributed by atoms with van der Waals surface area (Å²) in [5, 5.41) is 1.07. The third-order valence-electron chi connectivity index (χ3n) is 30.6. The molecular weight excluding hydrogens is 1550 g/mol. The van der Waals surface area contributed by atoms with Gasteiger partial charge in [0.05, 0.1) is 17.1 Å². The Balaban J connectivity index is 0.660. The molecule has 0 saturated heterocycles. The number of furan rings is 1.